The van der Waals surface area contributed by atoms with Gasteiger partial charge in [0.1, 0.15) is 50.4 Å². The molecule has 0 atom stereocenters. The Balaban J connectivity index is 1.38. The molecule has 0 bridgehead atoms. The zero-order valence-electron chi connectivity index (χ0n) is 22.4. The van der Waals surface area contributed by atoms with Crippen molar-refractivity contribution in [1.29, 1.82) is 0 Å². The van der Waals surface area contributed by atoms with Crippen molar-refractivity contribution in [2.24, 2.45) is 0 Å². The van der Waals surface area contributed by atoms with E-state index in [2.05, 4.69) is 0 Å². The Morgan fingerprint density at radius 2 is 0.905 bits per heavy atom. The number of hydrogen-bond acceptors (Lipinski definition) is 4. The molecule has 5 aromatic carbocycles. The van der Waals surface area contributed by atoms with Crippen molar-refractivity contribution in [3.63, 3.8) is 0 Å². The highest BCUT2D eigenvalue weighted by Crippen LogP contribution is 2.34. The Kier molecular flexibility index (Phi) is 6.39. The molecule has 0 spiro atoms. The van der Waals surface area contributed by atoms with Crippen LogP contribution in [0.15, 0.2) is 101 Å². The fraction of sp³-hybridized carbons (Fsp3) is 0. The topological polar surface area (TPSA) is 51.8 Å². The van der Waals surface area contributed by atoms with Crippen LogP contribution in [0.2, 0.25) is 0 Å². The minimum absolute atomic E-state index is 0.176. The van der Waals surface area contributed by atoms with Crippen LogP contribution in [-0.4, -0.2) is 54.2 Å². The van der Waals surface area contributed by atoms with E-state index in [1.165, 1.54) is 0 Å². The average molecular weight is 525 g/mol. The maximum atomic E-state index is 6.31. The molecule has 0 aliphatic carbocycles. The van der Waals surface area contributed by atoms with Gasteiger partial charge < -0.3 is 4.42 Å². The van der Waals surface area contributed by atoms with Crippen LogP contribution in [0.5, 0.6) is 0 Å². The molecule has 0 N–H and O–H groups in total. The van der Waals surface area contributed by atoms with Crippen LogP contribution in [0, 0.1) is 0 Å². The molecular weight excluding hydrogens is 508 g/mol. The molecular formula is C33H16B5N3O. The lowest BCUT2D eigenvalue weighted by molar-refractivity contribution is 0.669. The first-order valence-corrected chi connectivity index (χ1v) is 13.2. The number of fused-ring (bicyclic) bond motifs is 3. The molecule has 42 heavy (non-hydrogen) atoms. The van der Waals surface area contributed by atoms with E-state index < -0.39 is 0 Å². The number of aromatic nitrogens is 3. The normalized spacial score (nSPS) is 11.3. The molecule has 10 radical (unpaired) electrons. The quantitative estimate of drug-likeness (QED) is 0.332. The van der Waals surface area contributed by atoms with Gasteiger partial charge in [-0.1, -0.05) is 77.7 Å². The number of furan rings is 1. The molecule has 0 saturated carbocycles. The highest BCUT2D eigenvalue weighted by molar-refractivity contribution is 6.68. The zero-order valence-corrected chi connectivity index (χ0v) is 22.4. The smallest absolute Gasteiger partial charge is 0.164 e. The second kappa shape index (κ2) is 10.3. The number of rotatable bonds is 4. The molecule has 0 aliphatic heterocycles. The lowest BCUT2D eigenvalue weighted by Crippen LogP contribution is -2.55. The minimum atomic E-state index is 0.176. The molecule has 4 nitrogen and oxygen atoms in total. The zero-order chi connectivity index (χ0) is 29.0. The summed E-state index contributed by atoms with van der Waals surface area (Å²) in [6.07, 6.45) is 0. The van der Waals surface area contributed by atoms with Crippen LogP contribution in [0.25, 0.3) is 67.2 Å². The molecule has 184 valence electrons. The molecule has 7 rings (SSSR count). The summed E-state index contributed by atoms with van der Waals surface area (Å²) in [6, 6.07) is 31.4. The van der Waals surface area contributed by atoms with Crippen LogP contribution >= 0.6 is 0 Å². The van der Waals surface area contributed by atoms with E-state index >= 15 is 0 Å². The summed E-state index contributed by atoms with van der Waals surface area (Å²) in [5.41, 5.74) is 6.37. The monoisotopic (exact) mass is 525 g/mol. The maximum absolute atomic E-state index is 6.31. The summed E-state index contributed by atoms with van der Waals surface area (Å²) in [4.78, 5) is 14.5. The van der Waals surface area contributed by atoms with E-state index in [1.807, 2.05) is 97.1 Å². The van der Waals surface area contributed by atoms with E-state index in [-0.39, 0.29) is 27.3 Å². The lowest BCUT2D eigenvalue weighted by Gasteiger charge is -2.21. The van der Waals surface area contributed by atoms with Gasteiger partial charge in [-0.25, -0.2) is 15.0 Å². The van der Waals surface area contributed by atoms with Gasteiger partial charge in [-0.05, 0) is 41.5 Å². The van der Waals surface area contributed by atoms with E-state index in [9.17, 15) is 0 Å². The summed E-state index contributed by atoms with van der Waals surface area (Å²) in [6.45, 7) is 0. The summed E-state index contributed by atoms with van der Waals surface area (Å²) in [7, 11) is 30.8. The highest BCUT2D eigenvalue weighted by atomic mass is 16.3. The molecule has 7 aromatic rings. The summed E-state index contributed by atoms with van der Waals surface area (Å²) in [5.74, 6) is 1.75. The molecule has 2 aromatic heterocycles. The Hall–Kier alpha value is -4.77. The van der Waals surface area contributed by atoms with Gasteiger partial charge in [-0.15, -0.1) is 16.4 Å². The Bertz CT molecular complexity index is 2060. The van der Waals surface area contributed by atoms with Gasteiger partial charge in [0, 0.05) is 27.5 Å². The molecule has 0 unspecified atom stereocenters. The van der Waals surface area contributed by atoms with Crippen molar-refractivity contribution in [3.8, 4) is 45.3 Å². The van der Waals surface area contributed by atoms with Gasteiger partial charge in [-0.3, -0.25) is 0 Å². The van der Waals surface area contributed by atoms with Crippen molar-refractivity contribution in [2.75, 3.05) is 0 Å². The van der Waals surface area contributed by atoms with Crippen LogP contribution in [0.1, 0.15) is 0 Å². The van der Waals surface area contributed by atoms with Gasteiger partial charge in [0.25, 0.3) is 0 Å². The van der Waals surface area contributed by atoms with Crippen LogP contribution in [-0.2, 0) is 0 Å². The molecule has 0 amide bonds. The van der Waals surface area contributed by atoms with E-state index in [1.54, 1.807) is 0 Å². The Morgan fingerprint density at radius 3 is 1.48 bits per heavy atom. The van der Waals surface area contributed by atoms with Crippen molar-refractivity contribution < 1.29 is 4.42 Å². The molecule has 9 heteroatoms. The van der Waals surface area contributed by atoms with E-state index in [0.717, 1.165) is 27.5 Å². The van der Waals surface area contributed by atoms with Gasteiger partial charge >= 0.3 is 0 Å². The largest absolute Gasteiger partial charge is 0.456 e. The van der Waals surface area contributed by atoms with Gasteiger partial charge in [-0.2, -0.15) is 0 Å². The lowest BCUT2D eigenvalue weighted by atomic mass is 9.59. The second-order valence-corrected chi connectivity index (χ2v) is 10.0. The summed E-state index contributed by atoms with van der Waals surface area (Å²) >= 11 is 0. The maximum Gasteiger partial charge on any atom is 0.164 e. The fourth-order valence-electron chi connectivity index (χ4n) is 5.17. The van der Waals surface area contributed by atoms with Crippen molar-refractivity contribution in [2.45, 2.75) is 0 Å². The van der Waals surface area contributed by atoms with E-state index in [0.29, 0.717) is 39.8 Å². The third kappa shape index (κ3) is 4.37. The number of hydrogen-bond donors (Lipinski definition) is 0. The molecule has 0 saturated heterocycles. The fourth-order valence-corrected chi connectivity index (χ4v) is 5.17. The predicted octanol–water partition coefficient (Wildman–Crippen LogP) is 2.41. The standard InChI is InChI=1S/C33H16B5N3O/c34-26-25(27(35)29(37)30(38)28(26)36)19-11-13-21-22-15-20(12-14-23(22)42-24(21)16-19)33-40-31(17-7-3-1-4-8-17)39-32(41-33)18-9-5-2-6-10-18/h1-16H. The van der Waals surface area contributed by atoms with Crippen molar-refractivity contribution in [3.05, 3.63) is 97.1 Å². The highest BCUT2D eigenvalue weighted by Gasteiger charge is 2.17. The first-order valence-electron chi connectivity index (χ1n) is 13.2. The van der Waals surface area contributed by atoms with E-state index in [4.69, 9.17) is 58.6 Å². The van der Waals surface area contributed by atoms with Gasteiger partial charge in [0.15, 0.2) is 17.5 Å². The third-order valence-electron chi connectivity index (χ3n) is 7.42. The van der Waals surface area contributed by atoms with Crippen LogP contribution in [0.4, 0.5) is 0 Å². The van der Waals surface area contributed by atoms with Crippen LogP contribution in [0.3, 0.4) is 0 Å². The predicted molar refractivity (Wildman–Crippen MR) is 176 cm³/mol. The molecule has 0 aliphatic rings. The number of nitrogens with zero attached hydrogens (tertiary/aromatic N) is 3. The molecule has 2 heterocycles. The van der Waals surface area contributed by atoms with Crippen molar-refractivity contribution in [1.82, 2.24) is 15.0 Å². The summed E-state index contributed by atoms with van der Waals surface area (Å²) in [5, 5.41) is 1.82. The van der Waals surface area contributed by atoms with Gasteiger partial charge in [0.05, 0.1) is 0 Å². The third-order valence-corrected chi connectivity index (χ3v) is 7.42. The average Bonchev–Trinajstić information content (AvgIpc) is 3.41. The Morgan fingerprint density at radius 1 is 0.405 bits per heavy atom. The minimum Gasteiger partial charge on any atom is -0.456 e. The second-order valence-electron chi connectivity index (χ2n) is 10.0. The van der Waals surface area contributed by atoms with Crippen LogP contribution < -0.4 is 27.3 Å². The first kappa shape index (κ1) is 26.2. The van der Waals surface area contributed by atoms with Crippen molar-refractivity contribution >= 4 is 88.5 Å². The molecule has 0 fully saturated rings. The Labute approximate surface area is 249 Å². The first-order chi connectivity index (χ1) is 20.4. The SMILES string of the molecule is [B]c1c([B])c([B])c(-c2ccc3c(c2)oc2ccc(-c4nc(-c5ccccc5)nc(-c5ccccc5)n4)cc23)c([B])c1[B]. The number of benzene rings is 5. The summed E-state index contributed by atoms with van der Waals surface area (Å²) < 4.78 is 6.23. The van der Waals surface area contributed by atoms with Gasteiger partial charge in [0.2, 0.25) is 0 Å².